The summed E-state index contributed by atoms with van der Waals surface area (Å²) in [5, 5.41) is 3.42. The van der Waals surface area contributed by atoms with Gasteiger partial charge in [-0.25, -0.2) is 9.97 Å². The number of hydrogen-bond donors (Lipinski definition) is 1. The number of aryl methyl sites for hydroxylation is 1. The summed E-state index contributed by atoms with van der Waals surface area (Å²) in [6, 6.07) is 5.70. The average Bonchev–Trinajstić information content (AvgIpc) is 2.78. The van der Waals surface area contributed by atoms with Crippen LogP contribution in [0.1, 0.15) is 32.2 Å². The maximum atomic E-state index is 5.33. The Morgan fingerprint density at radius 2 is 2.06 bits per heavy atom. The van der Waals surface area contributed by atoms with Gasteiger partial charge in [0.2, 0.25) is 0 Å². The summed E-state index contributed by atoms with van der Waals surface area (Å²) in [6.45, 7) is 9.09. The highest BCUT2D eigenvalue weighted by Gasteiger charge is 2.11. The SMILES string of the molecule is Cc1cc(CNC(C)(C)C)nc(-c2ccco2)n1. The van der Waals surface area contributed by atoms with E-state index in [-0.39, 0.29) is 5.54 Å². The molecule has 2 heterocycles. The Labute approximate surface area is 107 Å². The average molecular weight is 245 g/mol. The minimum absolute atomic E-state index is 0.0731. The summed E-state index contributed by atoms with van der Waals surface area (Å²) in [7, 11) is 0. The van der Waals surface area contributed by atoms with Crippen molar-refractivity contribution in [3.8, 4) is 11.6 Å². The highest BCUT2D eigenvalue weighted by Crippen LogP contribution is 2.16. The van der Waals surface area contributed by atoms with Crippen LogP contribution in [-0.2, 0) is 6.54 Å². The van der Waals surface area contributed by atoms with E-state index in [4.69, 9.17) is 4.42 Å². The first-order valence-electron chi connectivity index (χ1n) is 6.07. The Hall–Kier alpha value is -1.68. The summed E-state index contributed by atoms with van der Waals surface area (Å²) in [4.78, 5) is 8.90. The lowest BCUT2D eigenvalue weighted by Crippen LogP contribution is -2.35. The van der Waals surface area contributed by atoms with Gasteiger partial charge >= 0.3 is 0 Å². The Morgan fingerprint density at radius 1 is 1.28 bits per heavy atom. The quantitative estimate of drug-likeness (QED) is 0.903. The third-order valence-electron chi connectivity index (χ3n) is 2.45. The maximum Gasteiger partial charge on any atom is 0.196 e. The zero-order valence-electron chi connectivity index (χ0n) is 11.3. The van der Waals surface area contributed by atoms with Gasteiger partial charge in [0.1, 0.15) is 0 Å². The van der Waals surface area contributed by atoms with Crippen LogP contribution in [0.25, 0.3) is 11.6 Å². The minimum atomic E-state index is 0.0731. The zero-order valence-corrected chi connectivity index (χ0v) is 11.3. The lowest BCUT2D eigenvalue weighted by atomic mass is 10.1. The molecule has 0 bridgehead atoms. The highest BCUT2D eigenvalue weighted by molar-refractivity contribution is 5.46. The zero-order chi connectivity index (χ0) is 13.2. The molecule has 0 aromatic carbocycles. The minimum Gasteiger partial charge on any atom is -0.461 e. The van der Waals surface area contributed by atoms with Gasteiger partial charge in [0.05, 0.1) is 12.0 Å². The third kappa shape index (κ3) is 3.40. The van der Waals surface area contributed by atoms with Crippen LogP contribution in [0.15, 0.2) is 28.9 Å². The number of nitrogens with one attached hydrogen (secondary N) is 1. The van der Waals surface area contributed by atoms with Crippen LogP contribution in [0.3, 0.4) is 0 Å². The molecule has 2 aromatic heterocycles. The van der Waals surface area contributed by atoms with Gasteiger partial charge in [-0.15, -0.1) is 0 Å². The van der Waals surface area contributed by atoms with E-state index < -0.39 is 0 Å². The van der Waals surface area contributed by atoms with E-state index in [0.29, 0.717) is 11.6 Å². The molecule has 96 valence electrons. The number of furan rings is 1. The van der Waals surface area contributed by atoms with Gasteiger partial charge in [0.25, 0.3) is 0 Å². The van der Waals surface area contributed by atoms with Gasteiger partial charge in [0.15, 0.2) is 11.6 Å². The molecule has 0 radical (unpaired) electrons. The molecule has 4 nitrogen and oxygen atoms in total. The predicted octanol–water partition coefficient (Wildman–Crippen LogP) is 2.93. The lowest BCUT2D eigenvalue weighted by molar-refractivity contribution is 0.421. The molecule has 1 N–H and O–H groups in total. The highest BCUT2D eigenvalue weighted by atomic mass is 16.3. The molecule has 0 spiro atoms. The molecular weight excluding hydrogens is 226 g/mol. The van der Waals surface area contributed by atoms with E-state index in [1.807, 2.05) is 25.1 Å². The van der Waals surface area contributed by atoms with E-state index in [1.165, 1.54) is 0 Å². The van der Waals surface area contributed by atoms with Crippen LogP contribution in [0.4, 0.5) is 0 Å². The molecule has 0 unspecified atom stereocenters. The molecule has 18 heavy (non-hydrogen) atoms. The molecule has 0 fully saturated rings. The largest absolute Gasteiger partial charge is 0.461 e. The van der Waals surface area contributed by atoms with E-state index in [2.05, 4.69) is 36.1 Å². The molecule has 2 rings (SSSR count). The first-order chi connectivity index (χ1) is 8.44. The Bertz CT molecular complexity index is 512. The van der Waals surface area contributed by atoms with Crippen LogP contribution in [0, 0.1) is 6.92 Å². The second-order valence-electron chi connectivity index (χ2n) is 5.41. The summed E-state index contributed by atoms with van der Waals surface area (Å²) in [5.41, 5.74) is 2.00. The first-order valence-corrected chi connectivity index (χ1v) is 6.07. The number of rotatable bonds is 3. The second kappa shape index (κ2) is 4.90. The van der Waals surface area contributed by atoms with Crippen molar-refractivity contribution in [3.05, 3.63) is 35.9 Å². The lowest BCUT2D eigenvalue weighted by Gasteiger charge is -2.20. The Morgan fingerprint density at radius 3 is 2.67 bits per heavy atom. The molecule has 0 aliphatic rings. The van der Waals surface area contributed by atoms with Crippen molar-refractivity contribution < 1.29 is 4.42 Å². The molecule has 2 aromatic rings. The molecule has 0 aliphatic carbocycles. The van der Waals surface area contributed by atoms with E-state index in [9.17, 15) is 0 Å². The van der Waals surface area contributed by atoms with Gasteiger partial charge in [-0.05, 0) is 45.9 Å². The maximum absolute atomic E-state index is 5.33. The number of aromatic nitrogens is 2. The van der Waals surface area contributed by atoms with Crippen molar-refractivity contribution in [2.24, 2.45) is 0 Å². The number of hydrogen-bond acceptors (Lipinski definition) is 4. The monoisotopic (exact) mass is 245 g/mol. The first kappa shape index (κ1) is 12.8. The van der Waals surface area contributed by atoms with Crippen molar-refractivity contribution in [2.45, 2.75) is 39.8 Å². The summed E-state index contributed by atoms with van der Waals surface area (Å²) in [6.07, 6.45) is 1.63. The number of nitrogens with zero attached hydrogens (tertiary/aromatic N) is 2. The van der Waals surface area contributed by atoms with Crippen molar-refractivity contribution >= 4 is 0 Å². The molecular formula is C14H19N3O. The van der Waals surface area contributed by atoms with E-state index in [0.717, 1.165) is 17.9 Å². The van der Waals surface area contributed by atoms with Gasteiger partial charge < -0.3 is 9.73 Å². The Kier molecular flexibility index (Phi) is 3.48. The molecule has 0 amide bonds. The Balaban J connectivity index is 2.22. The van der Waals surface area contributed by atoms with Gasteiger partial charge in [-0.3, -0.25) is 0 Å². The van der Waals surface area contributed by atoms with Crippen LogP contribution < -0.4 is 5.32 Å². The predicted molar refractivity (Wildman–Crippen MR) is 71.1 cm³/mol. The van der Waals surface area contributed by atoms with Crippen LogP contribution in [0.2, 0.25) is 0 Å². The molecule has 4 heteroatoms. The van der Waals surface area contributed by atoms with Crippen molar-refractivity contribution in [1.29, 1.82) is 0 Å². The summed E-state index contributed by atoms with van der Waals surface area (Å²) < 4.78 is 5.33. The van der Waals surface area contributed by atoms with Crippen LogP contribution in [0.5, 0.6) is 0 Å². The molecule has 0 saturated carbocycles. The van der Waals surface area contributed by atoms with Crippen LogP contribution in [-0.4, -0.2) is 15.5 Å². The van der Waals surface area contributed by atoms with Gasteiger partial charge in [0, 0.05) is 17.8 Å². The normalized spacial score (nSPS) is 11.8. The van der Waals surface area contributed by atoms with Crippen molar-refractivity contribution in [3.63, 3.8) is 0 Å². The third-order valence-corrected chi connectivity index (χ3v) is 2.45. The van der Waals surface area contributed by atoms with E-state index in [1.54, 1.807) is 6.26 Å². The summed E-state index contributed by atoms with van der Waals surface area (Å²) >= 11 is 0. The van der Waals surface area contributed by atoms with Gasteiger partial charge in [-0.1, -0.05) is 0 Å². The second-order valence-corrected chi connectivity index (χ2v) is 5.41. The van der Waals surface area contributed by atoms with Crippen molar-refractivity contribution in [2.75, 3.05) is 0 Å². The smallest absolute Gasteiger partial charge is 0.196 e. The molecule has 0 saturated heterocycles. The topological polar surface area (TPSA) is 51.0 Å². The van der Waals surface area contributed by atoms with Crippen molar-refractivity contribution in [1.82, 2.24) is 15.3 Å². The standard InChI is InChI=1S/C14H19N3O/c1-10-8-11(9-15-14(2,3)4)17-13(16-10)12-6-5-7-18-12/h5-8,15H,9H2,1-4H3. The van der Waals surface area contributed by atoms with Gasteiger partial charge in [-0.2, -0.15) is 0 Å². The van der Waals surface area contributed by atoms with Crippen LogP contribution >= 0.6 is 0 Å². The molecule has 0 atom stereocenters. The van der Waals surface area contributed by atoms with E-state index >= 15 is 0 Å². The molecule has 0 aliphatic heterocycles. The fraction of sp³-hybridized carbons (Fsp3) is 0.429. The fourth-order valence-electron chi connectivity index (χ4n) is 1.60. The fourth-order valence-corrected chi connectivity index (χ4v) is 1.60. The summed E-state index contributed by atoms with van der Waals surface area (Å²) in [5.74, 6) is 1.35.